The topological polar surface area (TPSA) is 64.1 Å². The van der Waals surface area contributed by atoms with Crippen LogP contribution in [0.1, 0.15) is 5.56 Å². The number of β-amino-alcohol motifs (C(OH)–C–C–N with tert-alkyl or cyclic N) is 1. The molecule has 2 heterocycles. The highest BCUT2D eigenvalue weighted by molar-refractivity contribution is 6.35. The third-order valence-corrected chi connectivity index (χ3v) is 4.69. The van der Waals surface area contributed by atoms with E-state index in [4.69, 9.17) is 5.11 Å². The lowest BCUT2D eigenvalue weighted by molar-refractivity contribution is -0.137. The molecule has 1 aromatic rings. The molecule has 2 aliphatic heterocycles. The summed E-state index contributed by atoms with van der Waals surface area (Å²) in [6, 6.07) is 5.62. The summed E-state index contributed by atoms with van der Waals surface area (Å²) in [5, 5.41) is 9.07. The van der Waals surface area contributed by atoms with Gasteiger partial charge < -0.3 is 10.0 Å². The van der Waals surface area contributed by atoms with Gasteiger partial charge in [0, 0.05) is 39.3 Å². The Morgan fingerprint density at radius 2 is 1.73 bits per heavy atom. The molecule has 138 valence electrons. The molecule has 2 amide bonds. The number of benzene rings is 1. The van der Waals surface area contributed by atoms with E-state index in [0.29, 0.717) is 49.6 Å². The van der Waals surface area contributed by atoms with Crippen LogP contribution >= 0.6 is 0 Å². The summed E-state index contributed by atoms with van der Waals surface area (Å²) in [5.41, 5.74) is 1.21. The third kappa shape index (κ3) is 3.40. The molecule has 0 spiro atoms. The zero-order valence-corrected chi connectivity index (χ0v) is 14.5. The fourth-order valence-electron chi connectivity index (χ4n) is 3.36. The second kappa shape index (κ2) is 7.80. The van der Waals surface area contributed by atoms with Crippen LogP contribution < -0.4 is 0 Å². The lowest BCUT2D eigenvalue weighted by Crippen LogP contribution is -2.48. The monoisotopic (exact) mass is 359 g/mol. The SMILES string of the molecule is C=CCN1C(=O)C(c2ccc(F)cc2)=C(N2CCN(CCO)CC2)C1=O. The standard InChI is InChI=1S/C19H22FN3O3/c1-2-7-23-18(25)16(14-3-5-15(20)6-4-14)17(19(23)26)22-10-8-21(9-11-22)12-13-24/h2-6,24H,1,7-13H2. The van der Waals surface area contributed by atoms with Gasteiger partial charge in [-0.05, 0) is 17.7 Å². The van der Waals surface area contributed by atoms with Crippen LogP contribution in [0.3, 0.4) is 0 Å². The number of aliphatic hydroxyl groups excluding tert-OH is 1. The van der Waals surface area contributed by atoms with Gasteiger partial charge in [0.25, 0.3) is 11.8 Å². The number of hydrogen-bond donors (Lipinski definition) is 1. The maximum absolute atomic E-state index is 13.3. The molecule has 0 bridgehead atoms. The first kappa shape index (κ1) is 18.3. The molecule has 0 saturated carbocycles. The number of carbonyl (C=O) groups excluding carboxylic acids is 2. The van der Waals surface area contributed by atoms with E-state index in [1.165, 1.54) is 35.2 Å². The number of rotatable bonds is 6. The Labute approximate surface area is 151 Å². The van der Waals surface area contributed by atoms with Crippen LogP contribution in [0.5, 0.6) is 0 Å². The minimum atomic E-state index is -0.395. The summed E-state index contributed by atoms with van der Waals surface area (Å²) in [7, 11) is 0. The lowest BCUT2D eigenvalue weighted by atomic mass is 10.0. The number of piperazine rings is 1. The lowest BCUT2D eigenvalue weighted by Gasteiger charge is -2.36. The highest BCUT2D eigenvalue weighted by Crippen LogP contribution is 2.32. The molecule has 1 N–H and O–H groups in total. The Bertz CT molecular complexity index is 737. The second-order valence-electron chi connectivity index (χ2n) is 6.29. The van der Waals surface area contributed by atoms with Crippen molar-refractivity contribution in [2.75, 3.05) is 45.9 Å². The first-order valence-corrected chi connectivity index (χ1v) is 8.62. The Morgan fingerprint density at radius 1 is 1.08 bits per heavy atom. The summed E-state index contributed by atoms with van der Waals surface area (Å²) < 4.78 is 13.3. The van der Waals surface area contributed by atoms with Crippen molar-refractivity contribution < 1.29 is 19.1 Å². The van der Waals surface area contributed by atoms with Crippen molar-refractivity contribution in [3.63, 3.8) is 0 Å². The minimum Gasteiger partial charge on any atom is -0.395 e. The minimum absolute atomic E-state index is 0.0913. The van der Waals surface area contributed by atoms with Gasteiger partial charge in [-0.25, -0.2) is 4.39 Å². The van der Waals surface area contributed by atoms with Gasteiger partial charge in [0.05, 0.1) is 12.2 Å². The molecule has 2 aliphatic rings. The quantitative estimate of drug-likeness (QED) is 0.598. The number of carbonyl (C=O) groups is 2. The summed E-state index contributed by atoms with van der Waals surface area (Å²) in [6.45, 7) is 6.99. The van der Waals surface area contributed by atoms with Gasteiger partial charge in [0.15, 0.2) is 0 Å². The zero-order valence-electron chi connectivity index (χ0n) is 14.5. The molecule has 1 saturated heterocycles. The molecule has 3 rings (SSSR count). The molecular formula is C19H22FN3O3. The molecular weight excluding hydrogens is 337 g/mol. The highest BCUT2D eigenvalue weighted by Gasteiger charge is 2.41. The predicted molar refractivity (Wildman–Crippen MR) is 95.3 cm³/mol. The van der Waals surface area contributed by atoms with E-state index < -0.39 is 5.82 Å². The van der Waals surface area contributed by atoms with Crippen molar-refractivity contribution in [1.82, 2.24) is 14.7 Å². The van der Waals surface area contributed by atoms with Crippen molar-refractivity contribution in [3.05, 3.63) is 54.0 Å². The van der Waals surface area contributed by atoms with E-state index in [1.807, 2.05) is 4.90 Å². The average molecular weight is 359 g/mol. The van der Waals surface area contributed by atoms with E-state index in [9.17, 15) is 14.0 Å². The van der Waals surface area contributed by atoms with Crippen LogP contribution in [0.15, 0.2) is 42.6 Å². The van der Waals surface area contributed by atoms with Crippen molar-refractivity contribution in [3.8, 4) is 0 Å². The molecule has 0 aliphatic carbocycles. The van der Waals surface area contributed by atoms with Gasteiger partial charge in [-0.1, -0.05) is 18.2 Å². The van der Waals surface area contributed by atoms with Crippen LogP contribution in [-0.2, 0) is 9.59 Å². The molecule has 1 fully saturated rings. The number of imide groups is 1. The summed E-state index contributed by atoms with van der Waals surface area (Å²) in [5.74, 6) is -1.12. The molecule has 0 radical (unpaired) electrons. The normalized spacial score (nSPS) is 18.8. The second-order valence-corrected chi connectivity index (χ2v) is 6.29. The molecule has 6 nitrogen and oxygen atoms in total. The predicted octanol–water partition coefficient (Wildman–Crippen LogP) is 0.702. The largest absolute Gasteiger partial charge is 0.395 e. The van der Waals surface area contributed by atoms with Crippen LogP contribution in [0.25, 0.3) is 5.57 Å². The number of halogens is 1. The van der Waals surface area contributed by atoms with E-state index >= 15 is 0 Å². The van der Waals surface area contributed by atoms with Crippen LogP contribution in [0.2, 0.25) is 0 Å². The van der Waals surface area contributed by atoms with Crippen molar-refractivity contribution in [2.45, 2.75) is 0 Å². The summed E-state index contributed by atoms with van der Waals surface area (Å²) >= 11 is 0. The van der Waals surface area contributed by atoms with E-state index in [2.05, 4.69) is 11.5 Å². The van der Waals surface area contributed by atoms with E-state index in [1.54, 1.807) is 0 Å². The summed E-state index contributed by atoms with van der Waals surface area (Å²) in [6.07, 6.45) is 1.51. The maximum Gasteiger partial charge on any atom is 0.278 e. The Morgan fingerprint density at radius 3 is 2.31 bits per heavy atom. The first-order valence-electron chi connectivity index (χ1n) is 8.62. The number of amides is 2. The van der Waals surface area contributed by atoms with Crippen LogP contribution in [0.4, 0.5) is 4.39 Å². The van der Waals surface area contributed by atoms with Crippen LogP contribution in [0, 0.1) is 5.82 Å². The Balaban J connectivity index is 1.95. The van der Waals surface area contributed by atoms with E-state index in [0.717, 1.165) is 0 Å². The van der Waals surface area contributed by atoms with Gasteiger partial charge >= 0.3 is 0 Å². The van der Waals surface area contributed by atoms with Crippen molar-refractivity contribution in [1.29, 1.82) is 0 Å². The molecule has 0 unspecified atom stereocenters. The number of nitrogens with zero attached hydrogens (tertiary/aromatic N) is 3. The van der Waals surface area contributed by atoms with Crippen molar-refractivity contribution >= 4 is 17.4 Å². The van der Waals surface area contributed by atoms with Crippen LogP contribution in [-0.4, -0.2) is 77.5 Å². The molecule has 1 aromatic carbocycles. The van der Waals surface area contributed by atoms with E-state index in [-0.39, 0.29) is 25.0 Å². The average Bonchev–Trinajstić information content (AvgIpc) is 2.88. The highest BCUT2D eigenvalue weighted by atomic mass is 19.1. The van der Waals surface area contributed by atoms with Gasteiger partial charge in [0.2, 0.25) is 0 Å². The zero-order chi connectivity index (χ0) is 18.7. The first-order chi connectivity index (χ1) is 12.6. The van der Waals surface area contributed by atoms with Gasteiger partial charge in [0.1, 0.15) is 11.5 Å². The third-order valence-electron chi connectivity index (χ3n) is 4.69. The molecule has 7 heteroatoms. The number of aliphatic hydroxyl groups is 1. The molecule has 0 aromatic heterocycles. The molecule has 26 heavy (non-hydrogen) atoms. The van der Waals surface area contributed by atoms with Gasteiger partial charge in [-0.15, -0.1) is 6.58 Å². The fraction of sp³-hybridized carbons (Fsp3) is 0.368. The smallest absolute Gasteiger partial charge is 0.278 e. The Hall–Kier alpha value is -2.51. The van der Waals surface area contributed by atoms with Gasteiger partial charge in [-0.3, -0.25) is 19.4 Å². The fourth-order valence-corrected chi connectivity index (χ4v) is 3.36. The molecule has 0 atom stereocenters. The van der Waals surface area contributed by atoms with Gasteiger partial charge in [-0.2, -0.15) is 0 Å². The Kier molecular flexibility index (Phi) is 5.49. The van der Waals surface area contributed by atoms with Crippen molar-refractivity contribution in [2.24, 2.45) is 0 Å². The maximum atomic E-state index is 13.3. The summed E-state index contributed by atoms with van der Waals surface area (Å²) in [4.78, 5) is 30.9. The number of hydrogen-bond acceptors (Lipinski definition) is 5.